The second-order valence-corrected chi connectivity index (χ2v) is 4.56. The van der Waals surface area contributed by atoms with Crippen LogP contribution >= 0.6 is 0 Å². The van der Waals surface area contributed by atoms with E-state index in [9.17, 15) is 9.90 Å². The second-order valence-electron chi connectivity index (χ2n) is 4.56. The summed E-state index contributed by atoms with van der Waals surface area (Å²) in [6, 6.07) is 16.8. The first kappa shape index (κ1) is 14.1. The highest BCUT2D eigenvalue weighted by atomic mass is 16.5. The van der Waals surface area contributed by atoms with Crippen LogP contribution in [-0.4, -0.2) is 17.7 Å². The van der Waals surface area contributed by atoms with Gasteiger partial charge in [0.15, 0.2) is 0 Å². The molecule has 0 radical (unpaired) electrons. The zero-order chi connectivity index (χ0) is 14.4. The molecule has 0 aliphatic heterocycles. The van der Waals surface area contributed by atoms with Gasteiger partial charge in [-0.1, -0.05) is 42.5 Å². The van der Waals surface area contributed by atoms with Crippen LogP contribution in [-0.2, 0) is 9.53 Å². The van der Waals surface area contributed by atoms with Crippen molar-refractivity contribution in [2.75, 3.05) is 6.61 Å². The summed E-state index contributed by atoms with van der Waals surface area (Å²) in [7, 11) is 0. The summed E-state index contributed by atoms with van der Waals surface area (Å²) in [4.78, 5) is 11.8. The molecular formula is C17H18O3. The lowest BCUT2D eigenvalue weighted by atomic mass is 9.88. The Labute approximate surface area is 118 Å². The van der Waals surface area contributed by atoms with Gasteiger partial charge in [0.05, 0.1) is 13.0 Å². The summed E-state index contributed by atoms with van der Waals surface area (Å²) in [5.74, 6) is -0.0537. The van der Waals surface area contributed by atoms with Crippen LogP contribution in [0.2, 0.25) is 0 Å². The maximum Gasteiger partial charge on any atom is 0.306 e. The number of benzene rings is 2. The van der Waals surface area contributed by atoms with Crippen molar-refractivity contribution in [3.63, 3.8) is 0 Å². The van der Waals surface area contributed by atoms with Gasteiger partial charge in [-0.3, -0.25) is 4.79 Å². The van der Waals surface area contributed by atoms with Crippen LogP contribution in [0.15, 0.2) is 54.6 Å². The van der Waals surface area contributed by atoms with Crippen LogP contribution in [0, 0.1) is 0 Å². The fourth-order valence-corrected chi connectivity index (χ4v) is 2.21. The maximum absolute atomic E-state index is 11.8. The average molecular weight is 270 g/mol. The molecule has 2 rings (SSSR count). The van der Waals surface area contributed by atoms with E-state index in [1.54, 1.807) is 19.1 Å². The van der Waals surface area contributed by atoms with Gasteiger partial charge in [0.25, 0.3) is 0 Å². The molecule has 0 saturated heterocycles. The lowest BCUT2D eigenvalue weighted by Crippen LogP contribution is -2.11. The van der Waals surface area contributed by atoms with E-state index in [2.05, 4.69) is 0 Å². The Morgan fingerprint density at radius 1 is 1.05 bits per heavy atom. The molecule has 2 aromatic rings. The minimum absolute atomic E-state index is 0.0594. The van der Waals surface area contributed by atoms with Gasteiger partial charge in [-0.05, 0) is 30.2 Å². The second kappa shape index (κ2) is 6.75. The van der Waals surface area contributed by atoms with E-state index >= 15 is 0 Å². The van der Waals surface area contributed by atoms with E-state index in [0.717, 1.165) is 11.1 Å². The van der Waals surface area contributed by atoms with Crippen LogP contribution in [0.4, 0.5) is 0 Å². The lowest BCUT2D eigenvalue weighted by molar-refractivity contribution is -0.143. The molecule has 0 unspecified atom stereocenters. The SMILES string of the molecule is CCOC(=O)C[C@H](c1ccccc1)c1ccc(O)cc1. The molecule has 0 amide bonds. The Hall–Kier alpha value is -2.29. The van der Waals surface area contributed by atoms with Gasteiger partial charge in [0.2, 0.25) is 0 Å². The minimum atomic E-state index is -0.213. The summed E-state index contributed by atoms with van der Waals surface area (Å²) in [6.07, 6.45) is 0.294. The molecule has 0 aliphatic carbocycles. The first-order valence-corrected chi connectivity index (χ1v) is 6.70. The number of carbonyl (C=O) groups excluding carboxylic acids is 1. The molecule has 0 aromatic heterocycles. The number of aromatic hydroxyl groups is 1. The molecule has 0 bridgehead atoms. The highest BCUT2D eigenvalue weighted by Gasteiger charge is 2.18. The van der Waals surface area contributed by atoms with Crippen molar-refractivity contribution in [2.45, 2.75) is 19.3 Å². The molecule has 3 nitrogen and oxygen atoms in total. The Bertz CT molecular complexity index is 546. The number of hydrogen-bond donors (Lipinski definition) is 1. The fourth-order valence-electron chi connectivity index (χ4n) is 2.21. The molecular weight excluding hydrogens is 252 g/mol. The van der Waals surface area contributed by atoms with E-state index in [-0.39, 0.29) is 17.6 Å². The number of carbonyl (C=O) groups is 1. The molecule has 3 heteroatoms. The number of rotatable bonds is 5. The van der Waals surface area contributed by atoms with Crippen LogP contribution in [0.3, 0.4) is 0 Å². The van der Waals surface area contributed by atoms with Gasteiger partial charge < -0.3 is 9.84 Å². The van der Waals surface area contributed by atoms with Gasteiger partial charge in [0.1, 0.15) is 5.75 Å². The summed E-state index contributed by atoms with van der Waals surface area (Å²) in [6.45, 7) is 2.19. The molecule has 0 fully saturated rings. The van der Waals surface area contributed by atoms with Gasteiger partial charge in [0, 0.05) is 5.92 Å². The van der Waals surface area contributed by atoms with E-state index in [0.29, 0.717) is 13.0 Å². The summed E-state index contributed by atoms with van der Waals surface area (Å²) < 4.78 is 5.05. The topological polar surface area (TPSA) is 46.5 Å². The first-order chi connectivity index (χ1) is 9.70. The molecule has 0 saturated carbocycles. The molecule has 20 heavy (non-hydrogen) atoms. The fraction of sp³-hybridized carbons (Fsp3) is 0.235. The molecule has 0 spiro atoms. The van der Waals surface area contributed by atoms with Crippen molar-refractivity contribution in [2.24, 2.45) is 0 Å². The third-order valence-corrected chi connectivity index (χ3v) is 3.17. The highest BCUT2D eigenvalue weighted by Crippen LogP contribution is 2.29. The maximum atomic E-state index is 11.8. The monoisotopic (exact) mass is 270 g/mol. The van der Waals surface area contributed by atoms with Crippen LogP contribution in [0.1, 0.15) is 30.4 Å². The predicted molar refractivity (Wildman–Crippen MR) is 77.6 cm³/mol. The number of hydrogen-bond acceptors (Lipinski definition) is 3. The molecule has 2 aromatic carbocycles. The van der Waals surface area contributed by atoms with Crippen LogP contribution < -0.4 is 0 Å². The predicted octanol–water partition coefficient (Wildman–Crippen LogP) is 3.48. The number of esters is 1. The number of phenolic OH excluding ortho intramolecular Hbond substituents is 1. The summed E-state index contributed by atoms with van der Waals surface area (Å²) in [5.41, 5.74) is 2.05. The van der Waals surface area contributed by atoms with Crippen molar-refractivity contribution < 1.29 is 14.6 Å². The summed E-state index contributed by atoms with van der Waals surface area (Å²) in [5, 5.41) is 9.38. The molecule has 1 atom stereocenters. The van der Waals surface area contributed by atoms with Gasteiger partial charge in [-0.2, -0.15) is 0 Å². The van der Waals surface area contributed by atoms with Gasteiger partial charge in [-0.25, -0.2) is 0 Å². The molecule has 0 aliphatic rings. The van der Waals surface area contributed by atoms with Crippen molar-refractivity contribution in [1.29, 1.82) is 0 Å². The third-order valence-electron chi connectivity index (χ3n) is 3.17. The van der Waals surface area contributed by atoms with E-state index in [4.69, 9.17) is 4.74 Å². The van der Waals surface area contributed by atoms with Gasteiger partial charge in [-0.15, -0.1) is 0 Å². The van der Waals surface area contributed by atoms with Crippen LogP contribution in [0.5, 0.6) is 5.75 Å². The van der Waals surface area contributed by atoms with Crippen LogP contribution in [0.25, 0.3) is 0 Å². The molecule has 0 heterocycles. The van der Waals surface area contributed by atoms with Crippen molar-refractivity contribution in [1.82, 2.24) is 0 Å². The van der Waals surface area contributed by atoms with E-state index < -0.39 is 0 Å². The zero-order valence-corrected chi connectivity index (χ0v) is 11.5. The normalized spacial score (nSPS) is 11.8. The Kier molecular flexibility index (Phi) is 4.77. The number of phenols is 1. The zero-order valence-electron chi connectivity index (χ0n) is 11.5. The smallest absolute Gasteiger partial charge is 0.306 e. The van der Waals surface area contributed by atoms with Crippen molar-refractivity contribution in [3.05, 3.63) is 65.7 Å². The largest absolute Gasteiger partial charge is 0.508 e. The average Bonchev–Trinajstić information content (AvgIpc) is 2.47. The Morgan fingerprint density at radius 3 is 2.25 bits per heavy atom. The molecule has 104 valence electrons. The van der Waals surface area contributed by atoms with Gasteiger partial charge >= 0.3 is 5.97 Å². The van der Waals surface area contributed by atoms with E-state index in [1.165, 1.54) is 0 Å². The third kappa shape index (κ3) is 3.60. The Morgan fingerprint density at radius 2 is 1.65 bits per heavy atom. The minimum Gasteiger partial charge on any atom is -0.508 e. The number of ether oxygens (including phenoxy) is 1. The first-order valence-electron chi connectivity index (χ1n) is 6.70. The van der Waals surface area contributed by atoms with Crippen molar-refractivity contribution in [3.8, 4) is 5.75 Å². The quantitative estimate of drug-likeness (QED) is 0.846. The Balaban J connectivity index is 2.29. The van der Waals surface area contributed by atoms with Crippen molar-refractivity contribution >= 4 is 5.97 Å². The van der Waals surface area contributed by atoms with E-state index in [1.807, 2.05) is 42.5 Å². The highest BCUT2D eigenvalue weighted by molar-refractivity contribution is 5.71. The lowest BCUT2D eigenvalue weighted by Gasteiger charge is -2.17. The molecule has 1 N–H and O–H groups in total. The summed E-state index contributed by atoms with van der Waals surface area (Å²) >= 11 is 0. The standard InChI is InChI=1S/C17H18O3/c1-2-20-17(19)12-16(13-6-4-3-5-7-13)14-8-10-15(18)11-9-14/h3-11,16,18H,2,12H2,1H3/t16-/m1/s1.